The largest absolute Gasteiger partial charge is 0.375 e. The van der Waals surface area contributed by atoms with Crippen LogP contribution in [0.25, 0.3) is 0 Å². The molecule has 0 aliphatic rings. The van der Waals surface area contributed by atoms with Gasteiger partial charge in [-0.15, -0.1) is 0 Å². The molecule has 0 heterocycles. The van der Waals surface area contributed by atoms with Crippen LogP contribution in [0.5, 0.6) is 0 Å². The number of rotatable bonds is 9. The van der Waals surface area contributed by atoms with Gasteiger partial charge in [-0.05, 0) is 63.1 Å². The molecule has 0 saturated carbocycles. The number of carbonyl (C=O) groups is 2. The molecule has 0 unspecified atom stereocenters. The van der Waals surface area contributed by atoms with Crippen molar-refractivity contribution in [1.82, 2.24) is 10.6 Å². The van der Waals surface area contributed by atoms with E-state index >= 15 is 0 Å². The lowest BCUT2D eigenvalue weighted by atomic mass is 10.0. The van der Waals surface area contributed by atoms with E-state index in [1.54, 1.807) is 24.3 Å². The summed E-state index contributed by atoms with van der Waals surface area (Å²) >= 11 is 0. The summed E-state index contributed by atoms with van der Waals surface area (Å²) in [6.45, 7) is 7.44. The number of urea groups is 1. The van der Waals surface area contributed by atoms with Crippen LogP contribution in [0, 0.1) is 0 Å². The molecule has 0 radical (unpaired) electrons. The van der Waals surface area contributed by atoms with Crippen LogP contribution in [0.1, 0.15) is 44.0 Å². The molecule has 0 bridgehead atoms. The Bertz CT molecular complexity index is 788. The maximum Gasteiger partial charge on any atom is 0.319 e. The van der Waals surface area contributed by atoms with Gasteiger partial charge in [0.25, 0.3) is 5.91 Å². The summed E-state index contributed by atoms with van der Waals surface area (Å²) < 4.78 is 0. The summed E-state index contributed by atoms with van der Waals surface area (Å²) in [4.78, 5) is 26.5. The van der Waals surface area contributed by atoms with Gasteiger partial charge in [-0.2, -0.15) is 0 Å². The minimum Gasteiger partial charge on any atom is -0.375 e. The van der Waals surface area contributed by atoms with Gasteiger partial charge in [-0.3, -0.25) is 4.79 Å². The Morgan fingerprint density at radius 2 is 1.66 bits per heavy atom. The maximum absolute atomic E-state index is 12.3. The van der Waals surface area contributed by atoms with E-state index in [1.165, 1.54) is 0 Å². The lowest BCUT2D eigenvalue weighted by Crippen LogP contribution is -2.42. The molecular formula is C23H32N4O2. The summed E-state index contributed by atoms with van der Waals surface area (Å²) in [5.41, 5.74) is 2.13. The van der Waals surface area contributed by atoms with Crippen molar-refractivity contribution < 1.29 is 9.59 Å². The van der Waals surface area contributed by atoms with Crippen LogP contribution in [0.15, 0.2) is 54.6 Å². The molecule has 3 N–H and O–H groups in total. The Kier molecular flexibility index (Phi) is 8.07. The molecule has 2 aromatic rings. The predicted octanol–water partition coefficient (Wildman–Crippen LogP) is 4.25. The highest BCUT2D eigenvalue weighted by atomic mass is 16.2. The Morgan fingerprint density at radius 1 is 1.00 bits per heavy atom. The van der Waals surface area contributed by atoms with Gasteiger partial charge < -0.3 is 20.9 Å². The van der Waals surface area contributed by atoms with Crippen LogP contribution in [-0.4, -0.2) is 37.6 Å². The molecule has 0 aromatic heterocycles. The lowest BCUT2D eigenvalue weighted by Gasteiger charge is -2.24. The number of carbonyl (C=O) groups excluding carboxylic acids is 2. The molecule has 0 saturated heterocycles. The van der Waals surface area contributed by atoms with E-state index < -0.39 is 0 Å². The minimum absolute atomic E-state index is 0.115. The molecule has 0 aliphatic heterocycles. The topological polar surface area (TPSA) is 73.5 Å². The average Bonchev–Trinajstić information content (AvgIpc) is 2.72. The van der Waals surface area contributed by atoms with Crippen molar-refractivity contribution in [2.45, 2.75) is 39.2 Å². The first-order chi connectivity index (χ1) is 13.8. The first-order valence-electron chi connectivity index (χ1n) is 10.0. The van der Waals surface area contributed by atoms with Gasteiger partial charge >= 0.3 is 6.03 Å². The SMILES string of the molecule is CCC(C)(C)NC(=O)c1ccc(NC(=O)NCCCN(C)c2ccccc2)cc1. The summed E-state index contributed by atoms with van der Waals surface area (Å²) in [5, 5.41) is 8.65. The highest BCUT2D eigenvalue weighted by Crippen LogP contribution is 2.13. The third-order valence-corrected chi connectivity index (χ3v) is 4.89. The van der Waals surface area contributed by atoms with Crippen LogP contribution in [0.4, 0.5) is 16.2 Å². The molecular weight excluding hydrogens is 364 g/mol. The van der Waals surface area contributed by atoms with Crippen molar-refractivity contribution in [2.24, 2.45) is 0 Å². The van der Waals surface area contributed by atoms with Gasteiger partial charge in [0.15, 0.2) is 0 Å². The van der Waals surface area contributed by atoms with Gasteiger partial charge in [0, 0.05) is 42.6 Å². The number of hydrogen-bond acceptors (Lipinski definition) is 3. The first-order valence-corrected chi connectivity index (χ1v) is 10.0. The molecule has 29 heavy (non-hydrogen) atoms. The summed E-state index contributed by atoms with van der Waals surface area (Å²) in [5.74, 6) is -0.115. The summed E-state index contributed by atoms with van der Waals surface area (Å²) in [6.07, 6.45) is 1.69. The molecule has 0 fully saturated rings. The van der Waals surface area contributed by atoms with Crippen LogP contribution in [0.3, 0.4) is 0 Å². The fourth-order valence-electron chi connectivity index (χ4n) is 2.68. The molecule has 6 nitrogen and oxygen atoms in total. The van der Waals surface area contributed by atoms with Gasteiger partial charge in [0.1, 0.15) is 0 Å². The van der Waals surface area contributed by atoms with E-state index in [4.69, 9.17) is 0 Å². The standard InChI is InChI=1S/C23H32N4O2/c1-5-23(2,3)26-21(28)18-12-14-19(15-13-18)25-22(29)24-16-9-17-27(4)20-10-7-6-8-11-20/h6-8,10-15H,5,9,16-17H2,1-4H3,(H,26,28)(H2,24,25,29). The third kappa shape index (κ3) is 7.49. The van der Waals surface area contributed by atoms with Crippen molar-refractivity contribution in [3.8, 4) is 0 Å². The van der Waals surface area contributed by atoms with Crippen LogP contribution < -0.4 is 20.9 Å². The number of anilines is 2. The smallest absolute Gasteiger partial charge is 0.319 e. The molecule has 2 rings (SSSR count). The first kappa shape index (κ1) is 22.3. The Labute approximate surface area is 173 Å². The minimum atomic E-state index is -0.253. The number of amides is 3. The normalized spacial score (nSPS) is 10.9. The van der Waals surface area contributed by atoms with Gasteiger partial charge in [-0.25, -0.2) is 4.79 Å². The van der Waals surface area contributed by atoms with Gasteiger partial charge in [0.2, 0.25) is 0 Å². The Hall–Kier alpha value is -3.02. The fraction of sp³-hybridized carbons (Fsp3) is 0.391. The van der Waals surface area contributed by atoms with Crippen molar-refractivity contribution in [3.63, 3.8) is 0 Å². The monoisotopic (exact) mass is 396 g/mol. The molecule has 0 atom stereocenters. The van der Waals surface area contributed by atoms with E-state index in [1.807, 2.05) is 46.0 Å². The molecule has 0 spiro atoms. The van der Waals surface area contributed by atoms with Crippen molar-refractivity contribution in [2.75, 3.05) is 30.4 Å². The highest BCUT2D eigenvalue weighted by molar-refractivity contribution is 5.95. The second kappa shape index (κ2) is 10.5. The molecule has 0 aliphatic carbocycles. The second-order valence-corrected chi connectivity index (χ2v) is 7.76. The number of benzene rings is 2. The number of nitrogens with one attached hydrogen (secondary N) is 3. The Morgan fingerprint density at radius 3 is 2.28 bits per heavy atom. The lowest BCUT2D eigenvalue weighted by molar-refractivity contribution is 0.0911. The molecule has 6 heteroatoms. The van der Waals surface area contributed by atoms with Gasteiger partial charge in [0.05, 0.1) is 0 Å². The maximum atomic E-state index is 12.3. The summed E-state index contributed by atoms with van der Waals surface area (Å²) in [6, 6.07) is 16.8. The number of hydrogen-bond donors (Lipinski definition) is 3. The van der Waals surface area contributed by atoms with Crippen LogP contribution in [-0.2, 0) is 0 Å². The molecule has 3 amide bonds. The van der Waals surface area contributed by atoms with Crippen molar-refractivity contribution in [3.05, 3.63) is 60.2 Å². The van der Waals surface area contributed by atoms with E-state index in [2.05, 4.69) is 33.0 Å². The summed E-state index contributed by atoms with van der Waals surface area (Å²) in [7, 11) is 2.04. The molecule has 156 valence electrons. The second-order valence-electron chi connectivity index (χ2n) is 7.76. The van der Waals surface area contributed by atoms with Crippen LogP contribution in [0.2, 0.25) is 0 Å². The predicted molar refractivity (Wildman–Crippen MR) is 120 cm³/mol. The van der Waals surface area contributed by atoms with E-state index in [0.29, 0.717) is 17.8 Å². The fourth-order valence-corrected chi connectivity index (χ4v) is 2.68. The zero-order valence-corrected chi connectivity index (χ0v) is 17.8. The third-order valence-electron chi connectivity index (χ3n) is 4.89. The average molecular weight is 397 g/mol. The highest BCUT2D eigenvalue weighted by Gasteiger charge is 2.18. The van der Waals surface area contributed by atoms with Crippen molar-refractivity contribution in [1.29, 1.82) is 0 Å². The van der Waals surface area contributed by atoms with E-state index in [0.717, 1.165) is 25.1 Å². The zero-order chi connectivity index (χ0) is 21.3. The zero-order valence-electron chi connectivity index (χ0n) is 17.8. The van der Waals surface area contributed by atoms with Crippen LogP contribution >= 0.6 is 0 Å². The number of para-hydroxylation sites is 1. The van der Waals surface area contributed by atoms with E-state index in [-0.39, 0.29) is 17.5 Å². The quantitative estimate of drug-likeness (QED) is 0.555. The van der Waals surface area contributed by atoms with Crippen molar-refractivity contribution >= 4 is 23.3 Å². The Balaban J connectivity index is 1.73. The number of nitrogens with zero attached hydrogens (tertiary/aromatic N) is 1. The van der Waals surface area contributed by atoms with E-state index in [9.17, 15) is 9.59 Å². The van der Waals surface area contributed by atoms with Gasteiger partial charge in [-0.1, -0.05) is 25.1 Å². The molecule has 2 aromatic carbocycles.